The molecule has 1 unspecified atom stereocenters. The summed E-state index contributed by atoms with van der Waals surface area (Å²) in [7, 11) is 0. The van der Waals surface area contributed by atoms with E-state index in [1.165, 1.54) is 0 Å². The van der Waals surface area contributed by atoms with Crippen LogP contribution in [0.15, 0.2) is 0 Å². The van der Waals surface area contributed by atoms with E-state index >= 15 is 0 Å². The molecule has 0 bridgehead atoms. The highest BCUT2D eigenvalue weighted by Gasteiger charge is 2.30. The number of hydrogen-bond acceptors (Lipinski definition) is 3. The van der Waals surface area contributed by atoms with Gasteiger partial charge in [0.2, 0.25) is 5.91 Å². The summed E-state index contributed by atoms with van der Waals surface area (Å²) in [6.07, 6.45) is 0.413. The lowest BCUT2D eigenvalue weighted by Gasteiger charge is -2.25. The number of nitrogens with two attached hydrogens (primary N) is 1. The molecule has 1 atom stereocenters. The van der Waals surface area contributed by atoms with E-state index in [1.54, 1.807) is 18.7 Å². The summed E-state index contributed by atoms with van der Waals surface area (Å²) in [5, 5.41) is 9.45. The van der Waals surface area contributed by atoms with Gasteiger partial charge < -0.3 is 15.7 Å². The summed E-state index contributed by atoms with van der Waals surface area (Å²) in [5.41, 5.74) is 4.77. The molecule has 1 rings (SSSR count). The van der Waals surface area contributed by atoms with E-state index in [0.29, 0.717) is 19.5 Å². The van der Waals surface area contributed by atoms with Gasteiger partial charge in [0.25, 0.3) is 0 Å². The summed E-state index contributed by atoms with van der Waals surface area (Å²) < 4.78 is 0. The number of β-amino-alcohol motifs (C(OH)–C–C–N with tert-alkyl or cyclic N) is 1. The number of carbonyl (C=O) groups is 1. The molecule has 0 aliphatic carbocycles. The standard InChI is InChI=1S/C8H16N2O2/c1-8(2,12)5-10-4-6(9)3-7(10)11/h6,12H,3-5,9H2,1-2H3. The number of amides is 1. The zero-order chi connectivity index (χ0) is 9.35. The Kier molecular flexibility index (Phi) is 2.39. The summed E-state index contributed by atoms with van der Waals surface area (Å²) >= 11 is 0. The van der Waals surface area contributed by atoms with Crippen LogP contribution in [-0.2, 0) is 4.79 Å². The van der Waals surface area contributed by atoms with E-state index in [2.05, 4.69) is 0 Å². The third-order valence-corrected chi connectivity index (χ3v) is 1.82. The molecule has 1 saturated heterocycles. The molecule has 70 valence electrons. The zero-order valence-electron chi connectivity index (χ0n) is 7.58. The minimum Gasteiger partial charge on any atom is -0.389 e. The van der Waals surface area contributed by atoms with Gasteiger partial charge in [0.1, 0.15) is 0 Å². The summed E-state index contributed by atoms with van der Waals surface area (Å²) in [4.78, 5) is 12.8. The Morgan fingerprint density at radius 1 is 1.75 bits per heavy atom. The number of carbonyl (C=O) groups excluding carboxylic acids is 1. The van der Waals surface area contributed by atoms with Crippen LogP contribution in [0.3, 0.4) is 0 Å². The Hall–Kier alpha value is -0.610. The quantitative estimate of drug-likeness (QED) is 0.580. The summed E-state index contributed by atoms with van der Waals surface area (Å²) in [6.45, 7) is 4.32. The van der Waals surface area contributed by atoms with Crippen LogP contribution in [0.25, 0.3) is 0 Å². The second-order valence-corrected chi connectivity index (χ2v) is 4.05. The largest absolute Gasteiger partial charge is 0.389 e. The first-order valence-electron chi connectivity index (χ1n) is 4.14. The summed E-state index contributed by atoms with van der Waals surface area (Å²) in [5.74, 6) is 0.0459. The number of likely N-dealkylation sites (tertiary alicyclic amines) is 1. The van der Waals surface area contributed by atoms with E-state index in [0.717, 1.165) is 0 Å². The van der Waals surface area contributed by atoms with E-state index in [-0.39, 0.29) is 11.9 Å². The molecule has 1 heterocycles. The van der Waals surface area contributed by atoms with Crippen molar-refractivity contribution in [2.75, 3.05) is 13.1 Å². The smallest absolute Gasteiger partial charge is 0.224 e. The van der Waals surface area contributed by atoms with E-state index in [9.17, 15) is 9.90 Å². The number of aliphatic hydroxyl groups is 1. The predicted molar refractivity (Wildman–Crippen MR) is 45.5 cm³/mol. The van der Waals surface area contributed by atoms with Gasteiger partial charge in [0, 0.05) is 25.6 Å². The van der Waals surface area contributed by atoms with Gasteiger partial charge >= 0.3 is 0 Å². The minimum atomic E-state index is -0.820. The molecule has 1 aliphatic rings. The monoisotopic (exact) mass is 172 g/mol. The maximum atomic E-state index is 11.2. The van der Waals surface area contributed by atoms with Crippen LogP contribution in [0.1, 0.15) is 20.3 Å². The lowest BCUT2D eigenvalue weighted by Crippen LogP contribution is -2.40. The number of nitrogens with zero attached hydrogens (tertiary/aromatic N) is 1. The van der Waals surface area contributed by atoms with Gasteiger partial charge in [-0.25, -0.2) is 0 Å². The van der Waals surface area contributed by atoms with Crippen molar-refractivity contribution in [3.8, 4) is 0 Å². The lowest BCUT2D eigenvalue weighted by atomic mass is 10.1. The van der Waals surface area contributed by atoms with E-state index in [1.807, 2.05) is 0 Å². The molecule has 0 aromatic rings. The van der Waals surface area contributed by atoms with Crippen LogP contribution >= 0.6 is 0 Å². The van der Waals surface area contributed by atoms with E-state index < -0.39 is 5.60 Å². The van der Waals surface area contributed by atoms with Gasteiger partial charge in [-0.1, -0.05) is 0 Å². The Morgan fingerprint density at radius 3 is 2.67 bits per heavy atom. The van der Waals surface area contributed by atoms with Crippen molar-refractivity contribution in [2.24, 2.45) is 5.73 Å². The Morgan fingerprint density at radius 2 is 2.33 bits per heavy atom. The lowest BCUT2D eigenvalue weighted by molar-refractivity contribution is -0.130. The Bertz CT molecular complexity index is 186. The normalized spacial score (nSPS) is 25.2. The first kappa shape index (κ1) is 9.48. The molecule has 1 amide bonds. The highest BCUT2D eigenvalue weighted by Crippen LogP contribution is 2.13. The molecule has 1 aliphatic heterocycles. The molecular weight excluding hydrogens is 156 g/mol. The van der Waals surface area contributed by atoms with Crippen molar-refractivity contribution in [3.63, 3.8) is 0 Å². The second kappa shape index (κ2) is 3.03. The van der Waals surface area contributed by atoms with Gasteiger partial charge in [-0.3, -0.25) is 4.79 Å². The fourth-order valence-electron chi connectivity index (χ4n) is 1.42. The summed E-state index contributed by atoms with van der Waals surface area (Å²) in [6, 6.07) is -0.0557. The van der Waals surface area contributed by atoms with Crippen LogP contribution < -0.4 is 5.73 Å². The minimum absolute atomic E-state index is 0.0459. The van der Waals surface area contributed by atoms with Gasteiger partial charge in [0.15, 0.2) is 0 Å². The maximum Gasteiger partial charge on any atom is 0.224 e. The molecule has 12 heavy (non-hydrogen) atoms. The van der Waals surface area contributed by atoms with Crippen molar-refractivity contribution in [3.05, 3.63) is 0 Å². The average Bonchev–Trinajstić information content (AvgIpc) is 2.06. The molecule has 0 radical (unpaired) electrons. The highest BCUT2D eigenvalue weighted by atomic mass is 16.3. The highest BCUT2D eigenvalue weighted by molar-refractivity contribution is 5.79. The third-order valence-electron chi connectivity index (χ3n) is 1.82. The van der Waals surface area contributed by atoms with Crippen molar-refractivity contribution in [2.45, 2.75) is 31.9 Å². The van der Waals surface area contributed by atoms with Crippen LogP contribution in [-0.4, -0.2) is 40.6 Å². The molecular formula is C8H16N2O2. The fraction of sp³-hybridized carbons (Fsp3) is 0.875. The second-order valence-electron chi connectivity index (χ2n) is 4.05. The number of hydrogen-bond donors (Lipinski definition) is 2. The molecule has 0 aromatic heterocycles. The van der Waals surface area contributed by atoms with Gasteiger partial charge in [0.05, 0.1) is 5.60 Å². The first-order chi connectivity index (χ1) is 5.38. The van der Waals surface area contributed by atoms with Crippen molar-refractivity contribution in [1.29, 1.82) is 0 Å². The Balaban J connectivity index is 2.49. The van der Waals surface area contributed by atoms with Crippen LogP contribution in [0.4, 0.5) is 0 Å². The maximum absolute atomic E-state index is 11.2. The third kappa shape index (κ3) is 2.46. The van der Waals surface area contributed by atoms with Crippen molar-refractivity contribution in [1.82, 2.24) is 4.90 Å². The predicted octanol–water partition coefficient (Wildman–Crippen LogP) is -0.683. The fourth-order valence-corrected chi connectivity index (χ4v) is 1.42. The molecule has 0 spiro atoms. The number of rotatable bonds is 2. The van der Waals surface area contributed by atoms with Gasteiger partial charge in [-0.15, -0.1) is 0 Å². The topological polar surface area (TPSA) is 66.6 Å². The zero-order valence-corrected chi connectivity index (χ0v) is 7.58. The molecule has 4 nitrogen and oxygen atoms in total. The molecule has 3 N–H and O–H groups in total. The first-order valence-corrected chi connectivity index (χ1v) is 4.14. The molecule has 1 fully saturated rings. The Labute approximate surface area is 72.3 Å². The van der Waals surface area contributed by atoms with Crippen molar-refractivity contribution < 1.29 is 9.90 Å². The van der Waals surface area contributed by atoms with Crippen LogP contribution in [0.5, 0.6) is 0 Å². The SMILES string of the molecule is CC(C)(O)CN1CC(N)CC1=O. The molecule has 0 saturated carbocycles. The van der Waals surface area contributed by atoms with E-state index in [4.69, 9.17) is 5.73 Å². The molecule has 0 aromatic carbocycles. The van der Waals surface area contributed by atoms with Gasteiger partial charge in [-0.05, 0) is 13.8 Å². The van der Waals surface area contributed by atoms with Crippen molar-refractivity contribution >= 4 is 5.91 Å². The van der Waals surface area contributed by atoms with Gasteiger partial charge in [-0.2, -0.15) is 0 Å². The average molecular weight is 172 g/mol. The van der Waals surface area contributed by atoms with Crippen LogP contribution in [0.2, 0.25) is 0 Å². The van der Waals surface area contributed by atoms with Crippen LogP contribution in [0, 0.1) is 0 Å². The molecule has 4 heteroatoms.